The van der Waals surface area contributed by atoms with Crippen LogP contribution in [0.1, 0.15) is 271 Å². The number of hydrogen-bond donors (Lipinski definition) is 1. The van der Waals surface area contributed by atoms with Crippen LogP contribution in [0.5, 0.6) is 0 Å². The first kappa shape index (κ1) is 61.0. The number of esters is 2. The first-order valence-electron chi connectivity index (χ1n) is 26.8. The van der Waals surface area contributed by atoms with E-state index in [-0.39, 0.29) is 25.6 Å². The van der Waals surface area contributed by atoms with Crippen LogP contribution >= 0.6 is 7.82 Å². The minimum Gasteiger partial charge on any atom is -0.462 e. The van der Waals surface area contributed by atoms with Gasteiger partial charge in [0, 0.05) is 12.8 Å². The lowest BCUT2D eigenvalue weighted by molar-refractivity contribution is -0.870. The van der Waals surface area contributed by atoms with Gasteiger partial charge in [-0.3, -0.25) is 18.6 Å². The molecule has 1 N–H and O–H groups in total. The Balaban J connectivity index is 4.17. The van der Waals surface area contributed by atoms with Crippen molar-refractivity contribution in [3.63, 3.8) is 0 Å². The summed E-state index contributed by atoms with van der Waals surface area (Å²) in [6.07, 6.45) is 48.7. The van der Waals surface area contributed by atoms with Crippen molar-refractivity contribution in [3.8, 4) is 0 Å². The van der Waals surface area contributed by atoms with Gasteiger partial charge in [-0.15, -0.1) is 0 Å². The fourth-order valence-electron chi connectivity index (χ4n) is 7.96. The zero-order valence-corrected chi connectivity index (χ0v) is 42.8. The molecule has 2 atom stereocenters. The van der Waals surface area contributed by atoms with Gasteiger partial charge < -0.3 is 18.9 Å². The van der Waals surface area contributed by atoms with Crippen molar-refractivity contribution in [2.45, 2.75) is 277 Å². The van der Waals surface area contributed by atoms with Gasteiger partial charge in [0.15, 0.2) is 6.10 Å². The molecule has 0 radical (unpaired) electrons. The van der Waals surface area contributed by atoms with Crippen molar-refractivity contribution >= 4 is 19.8 Å². The number of phosphoric ester groups is 1. The van der Waals surface area contributed by atoms with Crippen LogP contribution in [0, 0.1) is 0 Å². The van der Waals surface area contributed by atoms with E-state index in [0.29, 0.717) is 17.4 Å². The van der Waals surface area contributed by atoms with Crippen LogP contribution < -0.4 is 0 Å². The summed E-state index contributed by atoms with van der Waals surface area (Å²) in [6.45, 7) is 4.50. The second kappa shape index (κ2) is 45.2. The molecule has 2 unspecified atom stereocenters. The average molecular weight is 903 g/mol. The fourth-order valence-corrected chi connectivity index (χ4v) is 8.70. The van der Waals surface area contributed by atoms with Gasteiger partial charge in [-0.2, -0.15) is 0 Å². The van der Waals surface area contributed by atoms with Crippen molar-refractivity contribution in [2.24, 2.45) is 0 Å². The number of carbonyl (C=O) groups is 2. The highest BCUT2D eigenvalue weighted by molar-refractivity contribution is 7.47. The van der Waals surface area contributed by atoms with Gasteiger partial charge >= 0.3 is 19.8 Å². The van der Waals surface area contributed by atoms with E-state index in [9.17, 15) is 19.0 Å². The van der Waals surface area contributed by atoms with E-state index in [1.165, 1.54) is 205 Å². The fraction of sp³-hybridized carbons (Fsp3) is 0.962. The molecule has 0 saturated carbocycles. The van der Waals surface area contributed by atoms with Crippen molar-refractivity contribution < 1.29 is 42.1 Å². The van der Waals surface area contributed by atoms with Crippen LogP contribution in [0.15, 0.2) is 0 Å². The Morgan fingerprint density at radius 1 is 0.435 bits per heavy atom. The van der Waals surface area contributed by atoms with E-state index in [0.717, 1.165) is 38.5 Å². The molecule has 0 saturated heterocycles. The van der Waals surface area contributed by atoms with E-state index >= 15 is 0 Å². The summed E-state index contributed by atoms with van der Waals surface area (Å²) in [5.74, 6) is -0.776. The van der Waals surface area contributed by atoms with Crippen molar-refractivity contribution in [2.75, 3.05) is 47.5 Å². The topological polar surface area (TPSA) is 108 Å². The lowest BCUT2D eigenvalue weighted by Gasteiger charge is -2.24. The number of phosphoric acid groups is 1. The highest BCUT2D eigenvalue weighted by atomic mass is 31.2. The molecule has 0 aromatic rings. The second-order valence-corrected chi connectivity index (χ2v) is 21.1. The molecule has 0 spiro atoms. The van der Waals surface area contributed by atoms with Gasteiger partial charge in [-0.05, 0) is 12.8 Å². The Kier molecular flexibility index (Phi) is 44.5. The maximum atomic E-state index is 12.8. The Bertz CT molecular complexity index is 1020. The molecule has 0 rings (SSSR count). The molecule has 0 aromatic carbocycles. The highest BCUT2D eigenvalue weighted by Crippen LogP contribution is 2.43. The standard InChI is InChI=1S/C52H104NO8P/c1-6-8-10-12-14-16-18-20-22-24-26-27-29-30-32-34-36-38-40-42-44-51(54)58-48-50(49-60-62(56,57)59-47-46-53(3,4)5)61-52(55)45-43-41-39-37-35-33-31-28-25-23-21-19-17-15-13-11-9-7-2/h50H,6-49H2,1-5H3/p+1. The molecule has 0 aliphatic heterocycles. The van der Waals surface area contributed by atoms with Crippen LogP contribution in [0.25, 0.3) is 0 Å². The van der Waals surface area contributed by atoms with Gasteiger partial charge in [0.2, 0.25) is 0 Å². The third-order valence-corrected chi connectivity index (χ3v) is 13.1. The molecule has 0 amide bonds. The Labute approximate surface area is 384 Å². The lowest BCUT2D eigenvalue weighted by Crippen LogP contribution is -2.37. The van der Waals surface area contributed by atoms with E-state index in [4.69, 9.17) is 18.5 Å². The van der Waals surface area contributed by atoms with Crippen LogP contribution in [-0.2, 0) is 32.7 Å². The van der Waals surface area contributed by atoms with Crippen LogP contribution in [0.3, 0.4) is 0 Å². The maximum Gasteiger partial charge on any atom is 0.472 e. The molecule has 0 aliphatic carbocycles. The highest BCUT2D eigenvalue weighted by Gasteiger charge is 2.27. The smallest absolute Gasteiger partial charge is 0.462 e. The normalized spacial score (nSPS) is 13.3. The summed E-state index contributed by atoms with van der Waals surface area (Å²) in [5, 5.41) is 0. The Morgan fingerprint density at radius 2 is 0.726 bits per heavy atom. The molecule has 9 nitrogen and oxygen atoms in total. The van der Waals surface area contributed by atoms with E-state index in [1.54, 1.807) is 0 Å². The maximum absolute atomic E-state index is 12.8. The number of quaternary nitrogens is 1. The molecular weight excluding hydrogens is 798 g/mol. The summed E-state index contributed by atoms with van der Waals surface area (Å²) in [7, 11) is 1.50. The summed E-state index contributed by atoms with van der Waals surface area (Å²) in [4.78, 5) is 35.6. The molecule has 0 bridgehead atoms. The molecule has 0 aromatic heterocycles. The second-order valence-electron chi connectivity index (χ2n) is 19.6. The summed E-state index contributed by atoms with van der Waals surface area (Å²) in [5.41, 5.74) is 0. The third-order valence-electron chi connectivity index (χ3n) is 12.1. The average Bonchev–Trinajstić information content (AvgIpc) is 3.23. The van der Waals surface area contributed by atoms with Crippen LogP contribution in [0.4, 0.5) is 0 Å². The number of nitrogens with zero attached hydrogens (tertiary/aromatic N) is 1. The Morgan fingerprint density at radius 3 is 1.03 bits per heavy atom. The first-order valence-corrected chi connectivity index (χ1v) is 28.3. The molecule has 370 valence electrons. The SMILES string of the molecule is CCCCCCCCCCCCCCCCCCCCCCC(=O)OCC(COP(=O)(O)OCC[N+](C)(C)C)OC(=O)CCCCCCCCCCCCCCCCCCCC. The van der Waals surface area contributed by atoms with E-state index in [2.05, 4.69) is 13.8 Å². The summed E-state index contributed by atoms with van der Waals surface area (Å²) < 4.78 is 34.5. The van der Waals surface area contributed by atoms with Gasteiger partial charge in [0.05, 0.1) is 27.7 Å². The Hall–Kier alpha value is -0.990. The zero-order chi connectivity index (χ0) is 45.7. The molecule has 10 heteroatoms. The van der Waals surface area contributed by atoms with Gasteiger partial charge in [0.1, 0.15) is 19.8 Å². The van der Waals surface area contributed by atoms with Gasteiger partial charge in [-0.25, -0.2) is 4.57 Å². The predicted molar refractivity (Wildman–Crippen MR) is 261 cm³/mol. The van der Waals surface area contributed by atoms with Gasteiger partial charge in [0.25, 0.3) is 0 Å². The third kappa shape index (κ3) is 48.5. The number of carbonyl (C=O) groups excluding carboxylic acids is 2. The van der Waals surface area contributed by atoms with Crippen molar-refractivity contribution in [1.82, 2.24) is 0 Å². The molecule has 0 aliphatic rings. The molecule has 0 fully saturated rings. The summed E-state index contributed by atoms with van der Waals surface area (Å²) in [6, 6.07) is 0. The molecular formula is C52H105NO8P+. The van der Waals surface area contributed by atoms with E-state index < -0.39 is 26.5 Å². The largest absolute Gasteiger partial charge is 0.472 e. The quantitative estimate of drug-likeness (QED) is 0.0278. The van der Waals surface area contributed by atoms with Gasteiger partial charge in [-0.1, -0.05) is 245 Å². The minimum atomic E-state index is -4.37. The van der Waals surface area contributed by atoms with Crippen molar-refractivity contribution in [3.05, 3.63) is 0 Å². The lowest BCUT2D eigenvalue weighted by atomic mass is 10.0. The number of hydrogen-bond acceptors (Lipinski definition) is 7. The number of ether oxygens (including phenoxy) is 2. The molecule has 0 heterocycles. The number of rotatable bonds is 50. The van der Waals surface area contributed by atoms with E-state index in [1.807, 2.05) is 21.1 Å². The predicted octanol–water partition coefficient (Wildman–Crippen LogP) is 15.9. The van der Waals surface area contributed by atoms with Crippen molar-refractivity contribution in [1.29, 1.82) is 0 Å². The number of likely N-dealkylation sites (N-methyl/N-ethyl adjacent to an activating group) is 1. The first-order chi connectivity index (χ1) is 30.0. The summed E-state index contributed by atoms with van der Waals surface area (Å²) >= 11 is 0. The number of unbranched alkanes of at least 4 members (excludes halogenated alkanes) is 36. The van der Waals surface area contributed by atoms with Crippen LogP contribution in [0.2, 0.25) is 0 Å². The minimum absolute atomic E-state index is 0.0373. The molecule has 62 heavy (non-hydrogen) atoms. The van der Waals surface area contributed by atoms with Crippen LogP contribution in [-0.4, -0.2) is 74.9 Å². The monoisotopic (exact) mass is 903 g/mol. The zero-order valence-electron chi connectivity index (χ0n) is 41.9.